The first-order valence-electron chi connectivity index (χ1n) is 11.0. The van der Waals surface area contributed by atoms with Crippen LogP contribution < -0.4 is 10.1 Å². The molecule has 0 saturated carbocycles. The van der Waals surface area contributed by atoms with E-state index in [-0.39, 0.29) is 12.5 Å². The standard InChI is InChI=1S/C25H34N2O3/c1-21-9-11-22(12-10-21)19-29-20-25(28)26-13-6-16-30-24-8-5-7-23(17-24)18-27-14-3-2-4-15-27/h5,7-12,17H,2-4,6,13-16,18-20H2,1H3,(H,26,28). The van der Waals surface area contributed by atoms with Crippen molar-refractivity contribution in [3.63, 3.8) is 0 Å². The van der Waals surface area contributed by atoms with Crippen molar-refractivity contribution >= 4 is 5.91 Å². The van der Waals surface area contributed by atoms with Gasteiger partial charge in [0, 0.05) is 13.1 Å². The number of rotatable bonds is 11. The SMILES string of the molecule is Cc1ccc(COCC(=O)NCCCOc2cccc(CN3CCCCC3)c2)cc1. The molecule has 3 rings (SSSR count). The molecule has 0 spiro atoms. The van der Waals surface area contributed by atoms with Gasteiger partial charge in [-0.15, -0.1) is 0 Å². The molecule has 1 amide bonds. The van der Waals surface area contributed by atoms with Gasteiger partial charge in [0.05, 0.1) is 13.2 Å². The molecular weight excluding hydrogens is 376 g/mol. The van der Waals surface area contributed by atoms with E-state index in [2.05, 4.69) is 28.4 Å². The number of amides is 1. The second-order valence-corrected chi connectivity index (χ2v) is 8.01. The summed E-state index contributed by atoms with van der Waals surface area (Å²) in [6, 6.07) is 16.5. The molecule has 30 heavy (non-hydrogen) atoms. The maximum atomic E-state index is 11.9. The van der Waals surface area contributed by atoms with Crippen LogP contribution in [0.4, 0.5) is 0 Å². The fourth-order valence-corrected chi connectivity index (χ4v) is 3.60. The molecule has 1 heterocycles. The van der Waals surface area contributed by atoms with Crippen molar-refractivity contribution in [2.75, 3.05) is 32.8 Å². The lowest BCUT2D eigenvalue weighted by molar-refractivity contribution is -0.126. The molecule has 5 heteroatoms. The monoisotopic (exact) mass is 410 g/mol. The Bertz CT molecular complexity index is 770. The van der Waals surface area contributed by atoms with E-state index in [0.717, 1.165) is 24.3 Å². The number of carbonyl (C=O) groups is 1. The number of likely N-dealkylation sites (tertiary alicyclic amines) is 1. The van der Waals surface area contributed by atoms with E-state index in [1.54, 1.807) is 0 Å². The summed E-state index contributed by atoms with van der Waals surface area (Å²) in [6.45, 7) is 7.12. The fraction of sp³-hybridized carbons (Fsp3) is 0.480. The van der Waals surface area contributed by atoms with Gasteiger partial charge in [0.15, 0.2) is 0 Å². The number of ether oxygens (including phenoxy) is 2. The Hall–Kier alpha value is -2.37. The molecule has 0 bridgehead atoms. The molecule has 0 atom stereocenters. The third kappa shape index (κ3) is 8.17. The van der Waals surface area contributed by atoms with Gasteiger partial charge in [0.25, 0.3) is 0 Å². The molecule has 1 aliphatic rings. The van der Waals surface area contributed by atoms with Gasteiger partial charge in [0.1, 0.15) is 12.4 Å². The quantitative estimate of drug-likeness (QED) is 0.567. The second kappa shape index (κ2) is 12.4. The van der Waals surface area contributed by atoms with Crippen LogP contribution in [0.5, 0.6) is 5.75 Å². The van der Waals surface area contributed by atoms with Gasteiger partial charge in [-0.05, 0) is 62.5 Å². The second-order valence-electron chi connectivity index (χ2n) is 8.01. The third-order valence-corrected chi connectivity index (χ3v) is 5.29. The lowest BCUT2D eigenvalue weighted by atomic mass is 10.1. The average molecular weight is 411 g/mol. The summed E-state index contributed by atoms with van der Waals surface area (Å²) in [5.41, 5.74) is 3.59. The van der Waals surface area contributed by atoms with Crippen molar-refractivity contribution in [2.45, 2.75) is 45.8 Å². The number of nitrogens with one attached hydrogen (secondary N) is 1. The van der Waals surface area contributed by atoms with Crippen LogP contribution in [-0.4, -0.2) is 43.7 Å². The van der Waals surface area contributed by atoms with Crippen LogP contribution in [0.15, 0.2) is 48.5 Å². The zero-order chi connectivity index (χ0) is 21.0. The number of benzene rings is 2. The summed E-state index contributed by atoms with van der Waals surface area (Å²) < 4.78 is 11.3. The van der Waals surface area contributed by atoms with Crippen molar-refractivity contribution in [2.24, 2.45) is 0 Å². The van der Waals surface area contributed by atoms with Crippen LogP contribution in [0.1, 0.15) is 42.4 Å². The molecule has 0 aromatic heterocycles. The van der Waals surface area contributed by atoms with E-state index in [4.69, 9.17) is 9.47 Å². The molecule has 0 aliphatic carbocycles. The van der Waals surface area contributed by atoms with Crippen molar-refractivity contribution in [1.82, 2.24) is 10.2 Å². The van der Waals surface area contributed by atoms with E-state index < -0.39 is 0 Å². The minimum Gasteiger partial charge on any atom is -0.494 e. The molecule has 1 saturated heterocycles. The molecule has 5 nitrogen and oxygen atoms in total. The number of carbonyl (C=O) groups excluding carboxylic acids is 1. The Morgan fingerprint density at radius 1 is 1.03 bits per heavy atom. The average Bonchev–Trinajstić information content (AvgIpc) is 2.76. The molecular formula is C25H34N2O3. The number of hydrogen-bond donors (Lipinski definition) is 1. The number of hydrogen-bond acceptors (Lipinski definition) is 4. The Labute approximate surface area is 180 Å². The van der Waals surface area contributed by atoms with E-state index in [0.29, 0.717) is 19.8 Å². The van der Waals surface area contributed by atoms with Gasteiger partial charge < -0.3 is 14.8 Å². The van der Waals surface area contributed by atoms with Crippen LogP contribution in [0.2, 0.25) is 0 Å². The van der Waals surface area contributed by atoms with Crippen molar-refractivity contribution in [3.05, 3.63) is 65.2 Å². The predicted molar refractivity (Wildman–Crippen MR) is 120 cm³/mol. The highest BCUT2D eigenvalue weighted by Gasteiger charge is 2.10. The summed E-state index contributed by atoms with van der Waals surface area (Å²) >= 11 is 0. The first-order chi connectivity index (χ1) is 14.7. The van der Waals surface area contributed by atoms with Crippen LogP contribution in [0.3, 0.4) is 0 Å². The summed E-state index contributed by atoms with van der Waals surface area (Å²) in [6.07, 6.45) is 4.73. The molecule has 2 aromatic carbocycles. The summed E-state index contributed by atoms with van der Waals surface area (Å²) in [7, 11) is 0. The number of nitrogens with zero attached hydrogens (tertiary/aromatic N) is 1. The maximum absolute atomic E-state index is 11.9. The van der Waals surface area contributed by atoms with Crippen LogP contribution >= 0.6 is 0 Å². The van der Waals surface area contributed by atoms with Gasteiger partial charge in [-0.2, -0.15) is 0 Å². The summed E-state index contributed by atoms with van der Waals surface area (Å²) in [4.78, 5) is 14.4. The van der Waals surface area contributed by atoms with Gasteiger partial charge in [-0.3, -0.25) is 9.69 Å². The predicted octanol–water partition coefficient (Wildman–Crippen LogP) is 4.08. The van der Waals surface area contributed by atoms with Crippen molar-refractivity contribution in [1.29, 1.82) is 0 Å². The van der Waals surface area contributed by atoms with Gasteiger partial charge >= 0.3 is 0 Å². The normalized spacial score (nSPS) is 14.4. The minimum absolute atomic E-state index is 0.0767. The highest BCUT2D eigenvalue weighted by Crippen LogP contribution is 2.17. The highest BCUT2D eigenvalue weighted by molar-refractivity contribution is 5.77. The minimum atomic E-state index is -0.0920. The lowest BCUT2D eigenvalue weighted by Gasteiger charge is -2.26. The summed E-state index contributed by atoms with van der Waals surface area (Å²) in [5.74, 6) is 0.808. The van der Waals surface area contributed by atoms with Crippen LogP contribution in [0.25, 0.3) is 0 Å². The van der Waals surface area contributed by atoms with Gasteiger partial charge in [-0.1, -0.05) is 48.4 Å². The maximum Gasteiger partial charge on any atom is 0.246 e. The van der Waals surface area contributed by atoms with Gasteiger partial charge in [-0.25, -0.2) is 0 Å². The summed E-state index contributed by atoms with van der Waals surface area (Å²) in [5, 5.41) is 2.88. The Balaban J connectivity index is 1.26. The van der Waals surface area contributed by atoms with E-state index in [1.165, 1.54) is 43.5 Å². The smallest absolute Gasteiger partial charge is 0.246 e. The molecule has 1 N–H and O–H groups in total. The number of aryl methyl sites for hydroxylation is 1. The molecule has 1 aliphatic heterocycles. The zero-order valence-electron chi connectivity index (χ0n) is 18.1. The fourth-order valence-electron chi connectivity index (χ4n) is 3.60. The molecule has 1 fully saturated rings. The molecule has 0 radical (unpaired) electrons. The Morgan fingerprint density at radius 2 is 1.83 bits per heavy atom. The van der Waals surface area contributed by atoms with E-state index in [1.807, 2.05) is 37.3 Å². The van der Waals surface area contributed by atoms with E-state index >= 15 is 0 Å². The van der Waals surface area contributed by atoms with Gasteiger partial charge in [0.2, 0.25) is 5.91 Å². The Morgan fingerprint density at radius 3 is 2.63 bits per heavy atom. The molecule has 2 aromatic rings. The molecule has 0 unspecified atom stereocenters. The third-order valence-electron chi connectivity index (χ3n) is 5.29. The van der Waals surface area contributed by atoms with Crippen molar-refractivity contribution in [3.8, 4) is 5.75 Å². The topological polar surface area (TPSA) is 50.8 Å². The first-order valence-corrected chi connectivity index (χ1v) is 11.0. The Kier molecular flexibility index (Phi) is 9.19. The largest absolute Gasteiger partial charge is 0.494 e. The molecule has 162 valence electrons. The number of piperidine rings is 1. The van der Waals surface area contributed by atoms with Crippen molar-refractivity contribution < 1.29 is 14.3 Å². The van der Waals surface area contributed by atoms with E-state index in [9.17, 15) is 4.79 Å². The lowest BCUT2D eigenvalue weighted by Crippen LogP contribution is -2.29. The zero-order valence-corrected chi connectivity index (χ0v) is 18.1. The first kappa shape index (κ1) is 22.3. The van der Waals surface area contributed by atoms with Crippen LogP contribution in [0, 0.1) is 6.92 Å². The highest BCUT2D eigenvalue weighted by atomic mass is 16.5. The van der Waals surface area contributed by atoms with Crippen LogP contribution in [-0.2, 0) is 22.7 Å².